The quantitative estimate of drug-likeness (QED) is 0.528. The standard InChI is InChI=1S/C19H14BrClN2O5/c1-2-28-15-9-10(8-12(20)16(15)24)7-11-17(25)22-19(27)23(18(11)26)14-6-4-3-5-13(14)21/h3-9,24H,2H2,1H3,(H,22,25,27). The average Bonchev–Trinajstić information content (AvgIpc) is 2.64. The van der Waals surface area contributed by atoms with Gasteiger partial charge in [-0.15, -0.1) is 0 Å². The topological polar surface area (TPSA) is 95.9 Å². The number of benzene rings is 2. The van der Waals surface area contributed by atoms with Crippen LogP contribution >= 0.6 is 27.5 Å². The van der Waals surface area contributed by atoms with Gasteiger partial charge in [0.05, 0.1) is 21.8 Å². The van der Waals surface area contributed by atoms with Crippen molar-refractivity contribution >= 4 is 57.1 Å². The minimum absolute atomic E-state index is 0.101. The Morgan fingerprint density at radius 2 is 1.96 bits per heavy atom. The summed E-state index contributed by atoms with van der Waals surface area (Å²) in [6.45, 7) is 2.07. The van der Waals surface area contributed by atoms with Crippen LogP contribution < -0.4 is 15.0 Å². The van der Waals surface area contributed by atoms with Crippen molar-refractivity contribution in [1.29, 1.82) is 0 Å². The van der Waals surface area contributed by atoms with E-state index in [0.29, 0.717) is 16.6 Å². The van der Waals surface area contributed by atoms with Crippen molar-refractivity contribution in [2.75, 3.05) is 11.5 Å². The predicted molar refractivity (Wildman–Crippen MR) is 107 cm³/mol. The third-order valence-electron chi connectivity index (χ3n) is 3.86. The van der Waals surface area contributed by atoms with Gasteiger partial charge in [0.15, 0.2) is 11.5 Å². The summed E-state index contributed by atoms with van der Waals surface area (Å²) < 4.78 is 5.67. The molecule has 2 aromatic carbocycles. The number of imide groups is 2. The highest BCUT2D eigenvalue weighted by molar-refractivity contribution is 9.10. The second-order valence-electron chi connectivity index (χ2n) is 5.69. The number of phenolic OH excluding ortho intramolecular Hbond substituents is 1. The summed E-state index contributed by atoms with van der Waals surface area (Å²) in [7, 11) is 0. The van der Waals surface area contributed by atoms with Crippen LogP contribution in [-0.2, 0) is 9.59 Å². The van der Waals surface area contributed by atoms with Gasteiger partial charge < -0.3 is 9.84 Å². The lowest BCUT2D eigenvalue weighted by molar-refractivity contribution is -0.122. The van der Waals surface area contributed by atoms with E-state index >= 15 is 0 Å². The minimum atomic E-state index is -0.887. The molecule has 1 aliphatic rings. The summed E-state index contributed by atoms with van der Waals surface area (Å²) in [5.74, 6) is -1.56. The smallest absolute Gasteiger partial charge is 0.335 e. The predicted octanol–water partition coefficient (Wildman–Crippen LogP) is 3.87. The number of nitrogens with zero attached hydrogens (tertiary/aromatic N) is 1. The molecule has 4 amide bonds. The zero-order valence-corrected chi connectivity index (χ0v) is 16.9. The maximum atomic E-state index is 12.9. The number of hydrogen-bond donors (Lipinski definition) is 2. The molecule has 0 spiro atoms. The zero-order valence-electron chi connectivity index (χ0n) is 14.5. The molecule has 1 aliphatic heterocycles. The van der Waals surface area contributed by atoms with Crippen LogP contribution in [0.4, 0.5) is 10.5 Å². The molecule has 2 N–H and O–H groups in total. The van der Waals surface area contributed by atoms with Gasteiger partial charge in [0.25, 0.3) is 11.8 Å². The Labute approximate surface area is 173 Å². The Balaban J connectivity index is 2.06. The molecule has 0 radical (unpaired) electrons. The lowest BCUT2D eigenvalue weighted by Gasteiger charge is -2.27. The highest BCUT2D eigenvalue weighted by Crippen LogP contribution is 2.36. The second kappa shape index (κ2) is 8.04. The van der Waals surface area contributed by atoms with Crippen molar-refractivity contribution in [3.8, 4) is 11.5 Å². The van der Waals surface area contributed by atoms with Crippen LogP contribution in [0.2, 0.25) is 5.02 Å². The number of carbonyl (C=O) groups excluding carboxylic acids is 3. The van der Waals surface area contributed by atoms with Crippen molar-refractivity contribution in [1.82, 2.24) is 5.32 Å². The summed E-state index contributed by atoms with van der Waals surface area (Å²) >= 11 is 9.30. The van der Waals surface area contributed by atoms with E-state index in [9.17, 15) is 19.5 Å². The molecule has 9 heteroatoms. The van der Waals surface area contributed by atoms with E-state index in [1.54, 1.807) is 19.1 Å². The molecule has 1 fully saturated rings. The molecule has 2 aromatic rings. The number of halogens is 2. The minimum Gasteiger partial charge on any atom is -0.503 e. The van der Waals surface area contributed by atoms with Crippen LogP contribution in [0.3, 0.4) is 0 Å². The van der Waals surface area contributed by atoms with E-state index in [4.69, 9.17) is 16.3 Å². The van der Waals surface area contributed by atoms with Crippen LogP contribution in [0.25, 0.3) is 6.08 Å². The molecular weight excluding hydrogens is 452 g/mol. The molecule has 0 atom stereocenters. The highest BCUT2D eigenvalue weighted by Gasteiger charge is 2.37. The van der Waals surface area contributed by atoms with Crippen LogP contribution in [0.15, 0.2) is 46.4 Å². The lowest BCUT2D eigenvalue weighted by Crippen LogP contribution is -2.54. The second-order valence-corrected chi connectivity index (χ2v) is 6.95. The summed E-state index contributed by atoms with van der Waals surface area (Å²) in [5, 5.41) is 12.3. The number of carbonyl (C=O) groups is 3. The Bertz CT molecular complexity index is 1020. The number of barbiturate groups is 1. The van der Waals surface area contributed by atoms with Crippen LogP contribution in [-0.4, -0.2) is 29.6 Å². The number of anilines is 1. The number of rotatable bonds is 4. The maximum absolute atomic E-state index is 12.9. The fourth-order valence-corrected chi connectivity index (χ4v) is 3.30. The molecule has 0 bridgehead atoms. The van der Waals surface area contributed by atoms with Crippen molar-refractivity contribution in [2.45, 2.75) is 6.92 Å². The molecule has 0 saturated carbocycles. The molecule has 0 aromatic heterocycles. The van der Waals surface area contributed by atoms with Gasteiger partial charge in [0.2, 0.25) is 0 Å². The number of aromatic hydroxyl groups is 1. The number of nitrogens with one attached hydrogen (secondary N) is 1. The van der Waals surface area contributed by atoms with Gasteiger partial charge in [-0.05, 0) is 58.8 Å². The zero-order chi connectivity index (χ0) is 20.4. The first-order chi connectivity index (χ1) is 13.3. The van der Waals surface area contributed by atoms with Gasteiger partial charge in [-0.2, -0.15) is 0 Å². The molecule has 0 unspecified atom stereocenters. The highest BCUT2D eigenvalue weighted by atomic mass is 79.9. The van der Waals surface area contributed by atoms with Crippen LogP contribution in [0.1, 0.15) is 12.5 Å². The summed E-state index contributed by atoms with van der Waals surface area (Å²) in [6, 6.07) is 8.41. The molecule has 144 valence electrons. The van der Waals surface area contributed by atoms with Gasteiger partial charge in [-0.25, -0.2) is 9.69 Å². The maximum Gasteiger partial charge on any atom is 0.335 e. The van der Waals surface area contributed by atoms with Gasteiger partial charge in [-0.1, -0.05) is 23.7 Å². The number of para-hydroxylation sites is 1. The fraction of sp³-hybridized carbons (Fsp3) is 0.105. The van der Waals surface area contributed by atoms with Crippen molar-refractivity contribution in [3.05, 3.63) is 57.0 Å². The largest absolute Gasteiger partial charge is 0.503 e. The van der Waals surface area contributed by atoms with E-state index in [-0.39, 0.29) is 27.8 Å². The Hall–Kier alpha value is -2.84. The third kappa shape index (κ3) is 3.74. The average molecular weight is 466 g/mol. The van der Waals surface area contributed by atoms with Gasteiger partial charge in [0.1, 0.15) is 5.57 Å². The van der Waals surface area contributed by atoms with E-state index in [1.807, 2.05) is 0 Å². The first-order valence-electron chi connectivity index (χ1n) is 8.14. The summed E-state index contributed by atoms with van der Waals surface area (Å²) in [4.78, 5) is 38.2. The SMILES string of the molecule is CCOc1cc(C=C2C(=O)NC(=O)N(c3ccccc3Cl)C2=O)cc(Br)c1O. The third-order valence-corrected chi connectivity index (χ3v) is 4.78. The monoisotopic (exact) mass is 464 g/mol. The Morgan fingerprint density at radius 3 is 2.64 bits per heavy atom. The number of urea groups is 1. The van der Waals surface area contributed by atoms with Crippen LogP contribution in [0.5, 0.6) is 11.5 Å². The van der Waals surface area contributed by atoms with Gasteiger partial charge >= 0.3 is 6.03 Å². The molecule has 7 nitrogen and oxygen atoms in total. The van der Waals surface area contributed by atoms with Crippen LogP contribution in [0, 0.1) is 0 Å². The Morgan fingerprint density at radius 1 is 1.25 bits per heavy atom. The number of hydrogen-bond acceptors (Lipinski definition) is 5. The fourth-order valence-electron chi connectivity index (χ4n) is 2.62. The molecule has 28 heavy (non-hydrogen) atoms. The Kier molecular flexibility index (Phi) is 5.71. The van der Waals surface area contributed by atoms with Crippen molar-refractivity contribution in [2.24, 2.45) is 0 Å². The van der Waals surface area contributed by atoms with Gasteiger partial charge in [-0.3, -0.25) is 14.9 Å². The van der Waals surface area contributed by atoms with E-state index in [0.717, 1.165) is 4.90 Å². The molecule has 1 saturated heterocycles. The van der Waals surface area contributed by atoms with Crippen molar-refractivity contribution < 1.29 is 24.2 Å². The molecule has 0 aliphatic carbocycles. The number of amides is 4. The van der Waals surface area contributed by atoms with E-state index in [2.05, 4.69) is 21.2 Å². The molecule has 1 heterocycles. The number of ether oxygens (including phenoxy) is 1. The molecular formula is C19H14BrClN2O5. The summed E-state index contributed by atoms with van der Waals surface area (Å²) in [6.07, 6.45) is 1.31. The summed E-state index contributed by atoms with van der Waals surface area (Å²) in [5.41, 5.74) is 0.312. The van der Waals surface area contributed by atoms with Crippen molar-refractivity contribution in [3.63, 3.8) is 0 Å². The first-order valence-corrected chi connectivity index (χ1v) is 9.32. The molecule has 3 rings (SSSR count). The lowest BCUT2D eigenvalue weighted by atomic mass is 10.1. The van der Waals surface area contributed by atoms with E-state index in [1.165, 1.54) is 30.3 Å². The van der Waals surface area contributed by atoms with E-state index < -0.39 is 17.8 Å². The number of phenols is 1. The normalized spacial score (nSPS) is 15.8. The van der Waals surface area contributed by atoms with Gasteiger partial charge in [0, 0.05) is 0 Å². The first kappa shape index (κ1) is 19.9.